The lowest BCUT2D eigenvalue weighted by molar-refractivity contribution is -0.179. The van der Waals surface area contributed by atoms with Crippen LogP contribution in [0.2, 0.25) is 0 Å². The van der Waals surface area contributed by atoms with Crippen LogP contribution in [0, 0.1) is 0 Å². The summed E-state index contributed by atoms with van der Waals surface area (Å²) in [4.78, 5) is 9.58. The van der Waals surface area contributed by atoms with Crippen molar-refractivity contribution >= 4 is 6.16 Å². The second-order valence-electron chi connectivity index (χ2n) is 2.02. The molecule has 0 rings (SSSR count). The summed E-state index contributed by atoms with van der Waals surface area (Å²) in [5.74, 6) is -4.89. The molecule has 0 saturated heterocycles. The van der Waals surface area contributed by atoms with Crippen molar-refractivity contribution in [3.8, 4) is 0 Å². The lowest BCUT2D eigenvalue weighted by atomic mass is 10.2. The number of rotatable bonds is 4. The maximum Gasteiger partial charge on any atom is 0.505 e. The van der Waals surface area contributed by atoms with Gasteiger partial charge in [0, 0.05) is 0 Å². The van der Waals surface area contributed by atoms with Crippen LogP contribution in [0.25, 0.3) is 0 Å². The summed E-state index contributed by atoms with van der Waals surface area (Å²) in [7, 11) is 0. The molecule has 0 aromatic carbocycles. The van der Waals surface area contributed by atoms with E-state index in [9.17, 15) is 26.7 Å². The Bertz CT molecular complexity index is 183. The van der Waals surface area contributed by atoms with Gasteiger partial charge in [0.15, 0.2) is 0 Å². The quantitative estimate of drug-likeness (QED) is 0.567. The summed E-state index contributed by atoms with van der Waals surface area (Å²) in [6.07, 6.45) is -9.55. The fourth-order valence-corrected chi connectivity index (χ4v) is 0.392. The third-order valence-electron chi connectivity index (χ3n) is 1.06. The van der Waals surface area contributed by atoms with Crippen LogP contribution in [-0.2, 0) is 4.74 Å². The first-order valence-electron chi connectivity index (χ1n) is 2.94. The number of carboxylic acid groups (broad SMARTS) is 1. The first kappa shape index (κ1) is 11.9. The highest BCUT2D eigenvalue weighted by atomic mass is 19.3. The van der Waals surface area contributed by atoms with Crippen LogP contribution in [0.15, 0.2) is 0 Å². The first-order valence-corrected chi connectivity index (χ1v) is 2.94. The van der Waals surface area contributed by atoms with Crippen LogP contribution in [0.1, 0.15) is 0 Å². The van der Waals surface area contributed by atoms with Crippen LogP contribution in [0.3, 0.4) is 0 Å². The number of carbonyl (C=O) groups is 1. The highest BCUT2D eigenvalue weighted by molar-refractivity contribution is 5.56. The average molecular weight is 208 g/mol. The van der Waals surface area contributed by atoms with E-state index in [0.717, 1.165) is 0 Å². The number of ether oxygens (including phenoxy) is 1. The Morgan fingerprint density at radius 2 is 1.85 bits per heavy atom. The molecule has 0 aromatic rings. The molecule has 0 heterocycles. The van der Waals surface area contributed by atoms with Gasteiger partial charge in [-0.1, -0.05) is 0 Å². The SMILES string of the molecule is O=C(O)OCC(F)C(F)(F)C(F)F. The van der Waals surface area contributed by atoms with Gasteiger partial charge in [-0.05, 0) is 0 Å². The van der Waals surface area contributed by atoms with Crippen molar-refractivity contribution in [1.82, 2.24) is 0 Å². The molecule has 0 fully saturated rings. The molecule has 78 valence electrons. The van der Waals surface area contributed by atoms with Crippen molar-refractivity contribution in [2.45, 2.75) is 18.5 Å². The number of halogens is 5. The van der Waals surface area contributed by atoms with Crippen molar-refractivity contribution in [2.75, 3.05) is 6.61 Å². The Hall–Kier alpha value is -1.08. The Kier molecular flexibility index (Phi) is 3.89. The third-order valence-corrected chi connectivity index (χ3v) is 1.06. The monoisotopic (exact) mass is 208 g/mol. The molecule has 0 spiro atoms. The van der Waals surface area contributed by atoms with E-state index < -0.39 is 31.3 Å². The minimum Gasteiger partial charge on any atom is -0.450 e. The maximum atomic E-state index is 12.2. The van der Waals surface area contributed by atoms with Gasteiger partial charge in [0.05, 0.1) is 0 Å². The van der Waals surface area contributed by atoms with Crippen LogP contribution >= 0.6 is 0 Å². The van der Waals surface area contributed by atoms with Gasteiger partial charge in [-0.3, -0.25) is 0 Å². The van der Waals surface area contributed by atoms with Crippen LogP contribution in [-0.4, -0.2) is 36.4 Å². The molecule has 1 atom stereocenters. The molecule has 1 unspecified atom stereocenters. The van der Waals surface area contributed by atoms with Gasteiger partial charge in [0.25, 0.3) is 0 Å². The van der Waals surface area contributed by atoms with Crippen LogP contribution in [0.4, 0.5) is 26.7 Å². The predicted molar refractivity (Wildman–Crippen MR) is 29.8 cm³/mol. The van der Waals surface area contributed by atoms with Gasteiger partial charge in [-0.25, -0.2) is 18.0 Å². The normalized spacial score (nSPS) is 14.3. The summed E-state index contributed by atoms with van der Waals surface area (Å²) in [6.45, 7) is -1.62. The largest absolute Gasteiger partial charge is 0.505 e. The van der Waals surface area contributed by atoms with Crippen molar-refractivity contribution in [1.29, 1.82) is 0 Å². The molecule has 0 aliphatic carbocycles. The zero-order valence-electron chi connectivity index (χ0n) is 6.02. The standard InChI is InChI=1S/C5H5F5O3/c6-2(1-13-4(11)12)5(9,10)3(7)8/h2-3H,1H2,(H,11,12). The summed E-state index contributed by atoms with van der Waals surface area (Å²) < 4.78 is 62.3. The molecule has 0 bridgehead atoms. The summed E-state index contributed by atoms with van der Waals surface area (Å²) in [5.41, 5.74) is 0. The van der Waals surface area contributed by atoms with E-state index in [1.807, 2.05) is 0 Å². The van der Waals surface area contributed by atoms with Gasteiger partial charge < -0.3 is 9.84 Å². The second-order valence-corrected chi connectivity index (χ2v) is 2.02. The highest BCUT2D eigenvalue weighted by Crippen LogP contribution is 2.29. The molecule has 0 aliphatic heterocycles. The molecule has 0 aliphatic rings. The van der Waals surface area contributed by atoms with Crippen molar-refractivity contribution in [3.05, 3.63) is 0 Å². The Morgan fingerprint density at radius 1 is 1.38 bits per heavy atom. The number of hydrogen-bond donors (Lipinski definition) is 1. The minimum atomic E-state index is -4.89. The molecule has 13 heavy (non-hydrogen) atoms. The molecular formula is C5H5F5O3. The summed E-state index contributed by atoms with van der Waals surface area (Å²) >= 11 is 0. The smallest absolute Gasteiger partial charge is 0.450 e. The van der Waals surface area contributed by atoms with E-state index >= 15 is 0 Å². The third kappa shape index (κ3) is 3.43. The molecule has 8 heteroatoms. The zero-order valence-corrected chi connectivity index (χ0v) is 6.02. The van der Waals surface area contributed by atoms with E-state index in [-0.39, 0.29) is 0 Å². The molecular weight excluding hydrogens is 203 g/mol. The molecule has 0 aromatic heterocycles. The van der Waals surface area contributed by atoms with E-state index in [1.54, 1.807) is 0 Å². The molecule has 0 amide bonds. The van der Waals surface area contributed by atoms with E-state index in [0.29, 0.717) is 0 Å². The van der Waals surface area contributed by atoms with Crippen LogP contribution < -0.4 is 0 Å². The minimum absolute atomic E-state index is 1.62. The highest BCUT2D eigenvalue weighted by Gasteiger charge is 2.50. The molecule has 0 saturated carbocycles. The second kappa shape index (κ2) is 4.24. The zero-order chi connectivity index (χ0) is 10.6. The molecule has 1 N–H and O–H groups in total. The van der Waals surface area contributed by atoms with E-state index in [2.05, 4.69) is 4.74 Å². The number of hydrogen-bond acceptors (Lipinski definition) is 2. The van der Waals surface area contributed by atoms with E-state index in [1.165, 1.54) is 0 Å². The van der Waals surface area contributed by atoms with Crippen molar-refractivity contribution in [3.63, 3.8) is 0 Å². The average Bonchev–Trinajstić information content (AvgIpc) is 1.99. The lowest BCUT2D eigenvalue weighted by Gasteiger charge is -2.18. The molecule has 3 nitrogen and oxygen atoms in total. The lowest BCUT2D eigenvalue weighted by Crippen LogP contribution is -2.40. The fourth-order valence-electron chi connectivity index (χ4n) is 0.392. The molecule has 0 radical (unpaired) electrons. The summed E-state index contributed by atoms with van der Waals surface area (Å²) in [6, 6.07) is 0. The van der Waals surface area contributed by atoms with E-state index in [4.69, 9.17) is 5.11 Å². The fraction of sp³-hybridized carbons (Fsp3) is 0.800. The van der Waals surface area contributed by atoms with Gasteiger partial charge in [-0.2, -0.15) is 8.78 Å². The first-order chi connectivity index (χ1) is 5.78. The Morgan fingerprint density at radius 3 is 2.15 bits per heavy atom. The Labute approximate surface area is 69.1 Å². The Balaban J connectivity index is 4.09. The maximum absolute atomic E-state index is 12.2. The van der Waals surface area contributed by atoms with Gasteiger partial charge in [-0.15, -0.1) is 0 Å². The van der Waals surface area contributed by atoms with Gasteiger partial charge in [0.2, 0.25) is 6.17 Å². The van der Waals surface area contributed by atoms with Crippen molar-refractivity contribution < 1.29 is 36.6 Å². The van der Waals surface area contributed by atoms with Crippen molar-refractivity contribution in [2.24, 2.45) is 0 Å². The number of alkyl halides is 5. The summed E-state index contributed by atoms with van der Waals surface area (Å²) in [5, 5.41) is 7.75. The van der Waals surface area contributed by atoms with Gasteiger partial charge in [0.1, 0.15) is 6.61 Å². The van der Waals surface area contributed by atoms with Gasteiger partial charge >= 0.3 is 18.5 Å². The van der Waals surface area contributed by atoms with Crippen LogP contribution in [0.5, 0.6) is 0 Å². The topological polar surface area (TPSA) is 46.5 Å². The predicted octanol–water partition coefficient (Wildman–Crippen LogP) is 1.92.